The standard InChI is InChI=1S/C23H22OS/c1-17-2-14-22(15-3-17)25(24)23-16-20-9-8-18-4-6-19(7-5-18)10-12-21(23)13-11-20/h2-7,11,13-16H,8-10,12H2,1H3/t25-/m0/s1. The summed E-state index contributed by atoms with van der Waals surface area (Å²) in [5, 5.41) is 0. The molecule has 126 valence electrons. The number of hydrogen-bond acceptors (Lipinski definition) is 1. The van der Waals surface area contributed by atoms with Crippen LogP contribution in [0.25, 0.3) is 0 Å². The number of aryl methyl sites for hydroxylation is 5. The van der Waals surface area contributed by atoms with E-state index in [4.69, 9.17) is 0 Å². The highest BCUT2D eigenvalue weighted by Gasteiger charge is 2.14. The predicted molar refractivity (Wildman–Crippen MR) is 104 cm³/mol. The normalized spacial score (nSPS) is 14.8. The first-order valence-corrected chi connectivity index (χ1v) is 10.0. The lowest BCUT2D eigenvalue weighted by molar-refractivity contribution is 0.681. The zero-order valence-corrected chi connectivity index (χ0v) is 15.3. The van der Waals surface area contributed by atoms with Crippen LogP contribution in [0.5, 0.6) is 0 Å². The van der Waals surface area contributed by atoms with E-state index in [-0.39, 0.29) is 0 Å². The Morgan fingerprint density at radius 3 is 1.92 bits per heavy atom. The molecular weight excluding hydrogens is 324 g/mol. The molecule has 7 rings (SSSR count). The van der Waals surface area contributed by atoms with E-state index in [0.29, 0.717) is 0 Å². The van der Waals surface area contributed by atoms with E-state index >= 15 is 0 Å². The average molecular weight is 346 g/mol. The molecule has 0 N–H and O–H groups in total. The summed E-state index contributed by atoms with van der Waals surface area (Å²) in [6.45, 7) is 2.06. The highest BCUT2D eigenvalue weighted by Crippen LogP contribution is 2.25. The summed E-state index contributed by atoms with van der Waals surface area (Å²) in [6, 6.07) is 23.6. The molecule has 0 heterocycles. The van der Waals surface area contributed by atoms with Gasteiger partial charge in [0.1, 0.15) is 0 Å². The van der Waals surface area contributed by atoms with Gasteiger partial charge in [-0.15, -0.1) is 0 Å². The monoisotopic (exact) mass is 346 g/mol. The van der Waals surface area contributed by atoms with Crippen LogP contribution in [0.2, 0.25) is 0 Å². The summed E-state index contributed by atoms with van der Waals surface area (Å²) in [5.74, 6) is 0. The fraction of sp³-hybridized carbons (Fsp3) is 0.217. The predicted octanol–water partition coefficient (Wildman–Crippen LogP) is 5.05. The summed E-state index contributed by atoms with van der Waals surface area (Å²) in [4.78, 5) is 1.87. The van der Waals surface area contributed by atoms with Crippen molar-refractivity contribution in [1.29, 1.82) is 0 Å². The number of hydrogen-bond donors (Lipinski definition) is 0. The minimum atomic E-state index is -1.12. The molecule has 0 aliphatic heterocycles. The molecule has 0 spiro atoms. The Morgan fingerprint density at radius 1 is 0.680 bits per heavy atom. The second-order valence-corrected chi connectivity index (χ2v) is 8.29. The van der Waals surface area contributed by atoms with Gasteiger partial charge in [-0.1, -0.05) is 54.1 Å². The third kappa shape index (κ3) is 3.59. The molecule has 4 aliphatic rings. The fourth-order valence-corrected chi connectivity index (χ4v) is 4.67. The fourth-order valence-electron chi connectivity index (χ4n) is 3.36. The zero-order valence-electron chi connectivity index (χ0n) is 14.5. The molecule has 3 aromatic carbocycles. The summed E-state index contributed by atoms with van der Waals surface area (Å²) in [7, 11) is -1.12. The van der Waals surface area contributed by atoms with Crippen molar-refractivity contribution in [3.63, 3.8) is 0 Å². The third-order valence-electron chi connectivity index (χ3n) is 4.97. The van der Waals surface area contributed by atoms with Gasteiger partial charge in [-0.25, -0.2) is 4.21 Å². The van der Waals surface area contributed by atoms with Crippen LogP contribution in [0.3, 0.4) is 0 Å². The average Bonchev–Trinajstić information content (AvgIpc) is 2.64. The lowest BCUT2D eigenvalue weighted by Gasteiger charge is -2.14. The van der Waals surface area contributed by atoms with E-state index in [9.17, 15) is 4.21 Å². The molecule has 0 fully saturated rings. The molecule has 0 saturated carbocycles. The summed E-state index contributed by atoms with van der Waals surface area (Å²) in [6.07, 6.45) is 3.91. The molecule has 0 aromatic heterocycles. The van der Waals surface area contributed by atoms with Gasteiger partial charge in [0.25, 0.3) is 0 Å². The summed E-state index contributed by atoms with van der Waals surface area (Å²) >= 11 is 0. The van der Waals surface area contributed by atoms with Gasteiger partial charge < -0.3 is 0 Å². The molecule has 1 nitrogen and oxygen atoms in total. The van der Waals surface area contributed by atoms with Crippen LogP contribution in [0, 0.1) is 6.92 Å². The van der Waals surface area contributed by atoms with Gasteiger partial charge in [0.15, 0.2) is 0 Å². The molecule has 4 bridgehead atoms. The molecule has 3 aromatic rings. The zero-order chi connectivity index (χ0) is 17.2. The molecule has 25 heavy (non-hydrogen) atoms. The Kier molecular flexibility index (Phi) is 4.54. The van der Waals surface area contributed by atoms with E-state index < -0.39 is 10.8 Å². The van der Waals surface area contributed by atoms with Crippen LogP contribution in [0.4, 0.5) is 0 Å². The van der Waals surface area contributed by atoms with Gasteiger partial charge in [0.05, 0.1) is 10.8 Å². The van der Waals surface area contributed by atoms with Crippen LogP contribution >= 0.6 is 0 Å². The number of benzene rings is 3. The van der Waals surface area contributed by atoms with Crippen molar-refractivity contribution < 1.29 is 4.21 Å². The summed E-state index contributed by atoms with van der Waals surface area (Å²) < 4.78 is 13.2. The molecule has 0 amide bonds. The Labute approximate surface area is 152 Å². The molecular formula is C23H22OS. The van der Waals surface area contributed by atoms with Gasteiger partial charge in [-0.2, -0.15) is 0 Å². The van der Waals surface area contributed by atoms with Crippen LogP contribution in [0.15, 0.2) is 76.5 Å². The van der Waals surface area contributed by atoms with Gasteiger partial charge in [-0.3, -0.25) is 0 Å². The minimum absolute atomic E-state index is 0.888. The van der Waals surface area contributed by atoms with E-state index in [2.05, 4.69) is 49.4 Å². The van der Waals surface area contributed by atoms with Crippen molar-refractivity contribution in [2.45, 2.75) is 42.4 Å². The molecule has 4 aliphatic carbocycles. The van der Waals surface area contributed by atoms with Crippen molar-refractivity contribution in [3.8, 4) is 0 Å². The SMILES string of the molecule is Cc1ccc([S@](=O)c2cc3ccc2CCc2ccc(cc2)CC3)cc1. The van der Waals surface area contributed by atoms with Gasteiger partial charge in [-0.05, 0) is 73.1 Å². The van der Waals surface area contributed by atoms with E-state index in [1.807, 2.05) is 24.3 Å². The van der Waals surface area contributed by atoms with Crippen molar-refractivity contribution >= 4 is 10.8 Å². The second kappa shape index (κ2) is 6.97. The smallest absolute Gasteiger partial charge is 0.0852 e. The highest BCUT2D eigenvalue weighted by atomic mass is 32.2. The lowest BCUT2D eigenvalue weighted by atomic mass is 9.97. The quantitative estimate of drug-likeness (QED) is 0.635. The van der Waals surface area contributed by atoms with Crippen LogP contribution < -0.4 is 0 Å². The van der Waals surface area contributed by atoms with Crippen molar-refractivity contribution in [1.82, 2.24) is 0 Å². The first-order valence-electron chi connectivity index (χ1n) is 8.87. The maximum Gasteiger partial charge on any atom is 0.0852 e. The van der Waals surface area contributed by atoms with E-state index in [1.54, 1.807) is 0 Å². The van der Waals surface area contributed by atoms with Crippen LogP contribution in [0.1, 0.15) is 27.8 Å². The topological polar surface area (TPSA) is 17.1 Å². The molecule has 0 saturated heterocycles. The van der Waals surface area contributed by atoms with Crippen LogP contribution in [-0.2, 0) is 36.5 Å². The first kappa shape index (κ1) is 16.3. The molecule has 1 atom stereocenters. The largest absolute Gasteiger partial charge is 0.249 e. The Morgan fingerprint density at radius 2 is 1.24 bits per heavy atom. The van der Waals surface area contributed by atoms with E-state index in [0.717, 1.165) is 35.5 Å². The lowest BCUT2D eigenvalue weighted by Crippen LogP contribution is -2.04. The third-order valence-corrected chi connectivity index (χ3v) is 6.45. The second-order valence-electron chi connectivity index (χ2n) is 6.84. The maximum atomic E-state index is 13.2. The summed E-state index contributed by atoms with van der Waals surface area (Å²) in [5.41, 5.74) is 6.38. The molecule has 2 heteroatoms. The van der Waals surface area contributed by atoms with Crippen molar-refractivity contribution in [3.05, 3.63) is 94.5 Å². The van der Waals surface area contributed by atoms with Gasteiger partial charge >= 0.3 is 0 Å². The highest BCUT2D eigenvalue weighted by molar-refractivity contribution is 7.85. The molecule has 0 unspecified atom stereocenters. The van der Waals surface area contributed by atoms with Crippen LogP contribution in [-0.4, -0.2) is 4.21 Å². The minimum Gasteiger partial charge on any atom is -0.249 e. The number of rotatable bonds is 2. The molecule has 0 radical (unpaired) electrons. The Bertz CT molecular complexity index is 908. The van der Waals surface area contributed by atoms with E-state index in [1.165, 1.54) is 27.8 Å². The van der Waals surface area contributed by atoms with Gasteiger partial charge in [0, 0.05) is 9.79 Å². The van der Waals surface area contributed by atoms with Crippen molar-refractivity contribution in [2.75, 3.05) is 0 Å². The maximum absolute atomic E-state index is 13.2. The Hall–Kier alpha value is -2.19. The Balaban J connectivity index is 1.73. The van der Waals surface area contributed by atoms with Gasteiger partial charge in [0.2, 0.25) is 0 Å². The first-order chi connectivity index (χ1) is 12.2. The van der Waals surface area contributed by atoms with Crippen molar-refractivity contribution in [2.24, 2.45) is 0 Å².